The molecule has 1 N–H and O–H groups in total. The number of aliphatic hydroxyl groups is 1. The summed E-state index contributed by atoms with van der Waals surface area (Å²) in [7, 11) is 0. The highest BCUT2D eigenvalue weighted by atomic mass is 16.6. The smallest absolute Gasteiger partial charge is 0.311 e. The number of hydrogen-bond acceptors (Lipinski definition) is 7. The summed E-state index contributed by atoms with van der Waals surface area (Å²) in [4.78, 5) is 34.2. The number of esters is 3. The largest absolute Gasteiger partial charge is 0.462 e. The molecule has 0 saturated heterocycles. The molecule has 0 aliphatic rings. The average molecular weight is 453 g/mol. The van der Waals surface area contributed by atoms with Crippen LogP contribution in [0.3, 0.4) is 0 Å². The second-order valence-electron chi connectivity index (χ2n) is 8.72. The second-order valence-corrected chi connectivity index (χ2v) is 8.72. The van der Waals surface area contributed by atoms with Gasteiger partial charge in [-0.25, -0.2) is 0 Å². The molecule has 0 saturated carbocycles. The van der Waals surface area contributed by atoms with E-state index in [2.05, 4.69) is 0 Å². The molecule has 0 unspecified atom stereocenters. The summed E-state index contributed by atoms with van der Waals surface area (Å²) in [5.41, 5.74) is 0.146. The van der Waals surface area contributed by atoms with Crippen LogP contribution in [0, 0.1) is 10.8 Å². The molecule has 0 atom stereocenters. The first-order valence-electron chi connectivity index (χ1n) is 11.1. The van der Waals surface area contributed by atoms with Gasteiger partial charge in [0.25, 0.3) is 0 Å². The highest BCUT2D eigenvalue weighted by Crippen LogP contribution is 2.22. The van der Waals surface area contributed by atoms with Gasteiger partial charge in [0, 0.05) is 13.0 Å². The summed E-state index contributed by atoms with van der Waals surface area (Å²) < 4.78 is 15.0. The molecule has 1 aromatic carbocycles. The Bertz CT molecular complexity index is 681. The first-order chi connectivity index (χ1) is 15.0. The minimum atomic E-state index is -0.499. The van der Waals surface area contributed by atoms with Crippen LogP contribution in [0.4, 0.5) is 0 Å². The molecular weight excluding hydrogens is 412 g/mol. The molecular formula is C25H40O7. The number of carbonyl (C=O) groups excluding carboxylic acids is 3. The van der Waals surface area contributed by atoms with Crippen molar-refractivity contribution in [1.82, 2.24) is 0 Å². The molecule has 0 aliphatic carbocycles. The topological polar surface area (TPSA) is 99.1 Å². The van der Waals surface area contributed by atoms with Crippen LogP contribution in [-0.4, -0.2) is 42.8 Å². The molecule has 7 nitrogen and oxygen atoms in total. The van der Waals surface area contributed by atoms with Crippen molar-refractivity contribution in [1.29, 1.82) is 0 Å². The van der Waals surface area contributed by atoms with E-state index >= 15 is 0 Å². The molecule has 0 fully saturated rings. The second kappa shape index (κ2) is 15.4. The lowest BCUT2D eigenvalue weighted by Crippen LogP contribution is -2.27. The summed E-state index contributed by atoms with van der Waals surface area (Å²) in [6.07, 6.45) is 2.06. The van der Waals surface area contributed by atoms with E-state index < -0.39 is 5.41 Å². The number of aliphatic hydroxyl groups excluding tert-OH is 1. The fourth-order valence-electron chi connectivity index (χ4n) is 1.99. The van der Waals surface area contributed by atoms with E-state index in [0.717, 1.165) is 12.0 Å². The van der Waals surface area contributed by atoms with Crippen LogP contribution >= 0.6 is 0 Å². The Balaban J connectivity index is 0.000000604. The predicted molar refractivity (Wildman–Crippen MR) is 123 cm³/mol. The highest BCUT2D eigenvalue weighted by molar-refractivity contribution is 5.76. The predicted octanol–water partition coefficient (Wildman–Crippen LogP) is 4.45. The van der Waals surface area contributed by atoms with E-state index in [9.17, 15) is 14.4 Å². The van der Waals surface area contributed by atoms with Crippen LogP contribution in [-0.2, 0) is 35.2 Å². The van der Waals surface area contributed by atoms with Crippen molar-refractivity contribution in [2.45, 2.75) is 73.8 Å². The van der Waals surface area contributed by atoms with Crippen LogP contribution < -0.4 is 0 Å². The van der Waals surface area contributed by atoms with Crippen molar-refractivity contribution >= 4 is 17.9 Å². The fraction of sp³-hybridized carbons (Fsp3) is 0.640. The SMILES string of the molecule is CCC(C)(C)C(=O)OCCOC(=O)CCCO.CCC(C)(C)C(=O)OCc1ccccc1. The standard InChI is InChI=1S/C13H18O2.C12H22O5/c1-4-13(2,3)12(14)15-10-11-8-6-5-7-9-11;1-4-12(2,3)11(15)17-9-8-16-10(14)6-5-7-13/h5-9H,4,10H2,1-3H3;13H,4-9H2,1-3H3. The summed E-state index contributed by atoms with van der Waals surface area (Å²) in [6, 6.07) is 9.72. The van der Waals surface area contributed by atoms with Crippen LogP contribution in [0.1, 0.15) is 72.8 Å². The Hall–Kier alpha value is -2.41. The van der Waals surface area contributed by atoms with E-state index in [1.807, 2.05) is 71.9 Å². The van der Waals surface area contributed by atoms with Crippen molar-refractivity contribution in [2.24, 2.45) is 10.8 Å². The molecule has 0 amide bonds. The molecule has 1 aromatic rings. The molecule has 0 bridgehead atoms. The summed E-state index contributed by atoms with van der Waals surface area (Å²) in [6.45, 7) is 11.8. The zero-order valence-corrected chi connectivity index (χ0v) is 20.4. The fourth-order valence-corrected chi connectivity index (χ4v) is 1.99. The van der Waals surface area contributed by atoms with Gasteiger partial charge in [-0.1, -0.05) is 44.2 Å². The highest BCUT2D eigenvalue weighted by Gasteiger charge is 2.27. The maximum atomic E-state index is 11.6. The third-order valence-corrected chi connectivity index (χ3v) is 5.20. The summed E-state index contributed by atoms with van der Waals surface area (Å²) in [5.74, 6) is -0.801. The van der Waals surface area contributed by atoms with Crippen molar-refractivity contribution in [3.8, 4) is 0 Å². The maximum absolute atomic E-state index is 11.6. The number of benzene rings is 1. The molecule has 0 radical (unpaired) electrons. The number of ether oxygens (including phenoxy) is 3. The lowest BCUT2D eigenvalue weighted by molar-refractivity contribution is -0.159. The maximum Gasteiger partial charge on any atom is 0.311 e. The van der Waals surface area contributed by atoms with Gasteiger partial charge in [-0.15, -0.1) is 0 Å². The average Bonchev–Trinajstić information content (AvgIpc) is 2.79. The first kappa shape index (κ1) is 29.6. The minimum Gasteiger partial charge on any atom is -0.462 e. The Morgan fingerprint density at radius 3 is 1.81 bits per heavy atom. The molecule has 0 aliphatic heterocycles. The Kier molecular flexibility index (Phi) is 14.2. The van der Waals surface area contributed by atoms with Gasteiger partial charge in [0.05, 0.1) is 10.8 Å². The summed E-state index contributed by atoms with van der Waals surface area (Å²) in [5, 5.41) is 8.50. The van der Waals surface area contributed by atoms with E-state index in [4.69, 9.17) is 19.3 Å². The lowest BCUT2D eigenvalue weighted by atomic mass is 9.91. The van der Waals surface area contributed by atoms with Crippen LogP contribution in [0.2, 0.25) is 0 Å². The third-order valence-electron chi connectivity index (χ3n) is 5.20. The zero-order chi connectivity index (χ0) is 24.6. The Morgan fingerprint density at radius 2 is 1.31 bits per heavy atom. The van der Waals surface area contributed by atoms with Gasteiger partial charge in [0.15, 0.2) is 0 Å². The molecule has 7 heteroatoms. The van der Waals surface area contributed by atoms with Gasteiger partial charge in [0.1, 0.15) is 19.8 Å². The van der Waals surface area contributed by atoms with Crippen LogP contribution in [0.15, 0.2) is 30.3 Å². The number of rotatable bonds is 12. The molecule has 0 aromatic heterocycles. The van der Waals surface area contributed by atoms with Gasteiger partial charge >= 0.3 is 17.9 Å². The molecule has 0 spiro atoms. The monoisotopic (exact) mass is 452 g/mol. The van der Waals surface area contributed by atoms with Crippen LogP contribution in [0.25, 0.3) is 0 Å². The van der Waals surface area contributed by atoms with E-state index in [0.29, 0.717) is 19.4 Å². The van der Waals surface area contributed by atoms with Crippen molar-refractivity contribution in [2.75, 3.05) is 19.8 Å². The van der Waals surface area contributed by atoms with Gasteiger partial charge in [-0.3, -0.25) is 14.4 Å². The number of hydrogen-bond donors (Lipinski definition) is 1. The van der Waals surface area contributed by atoms with Gasteiger partial charge < -0.3 is 19.3 Å². The van der Waals surface area contributed by atoms with Crippen molar-refractivity contribution < 1.29 is 33.7 Å². The quantitative estimate of drug-likeness (QED) is 0.284. The zero-order valence-electron chi connectivity index (χ0n) is 20.4. The molecule has 0 heterocycles. The van der Waals surface area contributed by atoms with Gasteiger partial charge in [0.2, 0.25) is 0 Å². The van der Waals surface area contributed by atoms with Gasteiger partial charge in [-0.2, -0.15) is 0 Å². The Labute approximate surface area is 192 Å². The van der Waals surface area contributed by atoms with Crippen LogP contribution in [0.5, 0.6) is 0 Å². The van der Waals surface area contributed by atoms with E-state index in [-0.39, 0.29) is 49.6 Å². The summed E-state index contributed by atoms with van der Waals surface area (Å²) >= 11 is 0. The van der Waals surface area contributed by atoms with E-state index in [1.54, 1.807) is 0 Å². The first-order valence-corrected chi connectivity index (χ1v) is 11.1. The molecule has 1 rings (SSSR count). The lowest BCUT2D eigenvalue weighted by Gasteiger charge is -2.20. The van der Waals surface area contributed by atoms with Crippen molar-refractivity contribution in [3.05, 3.63) is 35.9 Å². The molecule has 182 valence electrons. The van der Waals surface area contributed by atoms with Crippen molar-refractivity contribution in [3.63, 3.8) is 0 Å². The Morgan fingerprint density at radius 1 is 0.812 bits per heavy atom. The van der Waals surface area contributed by atoms with E-state index in [1.165, 1.54) is 0 Å². The third kappa shape index (κ3) is 12.4. The van der Waals surface area contributed by atoms with Gasteiger partial charge in [-0.05, 0) is 52.5 Å². The molecule has 32 heavy (non-hydrogen) atoms. The minimum absolute atomic E-state index is 0.0330. The number of carbonyl (C=O) groups is 3. The normalized spacial score (nSPS) is 11.1.